The molecule has 6 heteroatoms. The van der Waals surface area contributed by atoms with Crippen molar-refractivity contribution in [1.82, 2.24) is 0 Å². The topological polar surface area (TPSA) is 79.0 Å². The molecule has 0 aliphatic rings. The van der Waals surface area contributed by atoms with E-state index in [9.17, 15) is 4.79 Å². The second-order valence-electron chi connectivity index (χ2n) is 4.16. The molecule has 0 saturated heterocycles. The molecule has 1 heterocycles. The molecule has 0 saturated carbocycles. The number of carbonyl (C=O) groups excluding carboxylic acids is 1. The zero-order valence-corrected chi connectivity index (χ0v) is 13.1. The van der Waals surface area contributed by atoms with Crippen LogP contribution < -0.4 is 11.1 Å². The van der Waals surface area contributed by atoms with Crippen molar-refractivity contribution in [2.45, 2.75) is 4.21 Å². The Kier molecular flexibility index (Phi) is 5.19. The van der Waals surface area contributed by atoms with Crippen molar-refractivity contribution in [2.75, 3.05) is 11.6 Å². The zero-order chi connectivity index (χ0) is 15.2. The van der Waals surface area contributed by atoms with Gasteiger partial charge in [-0.1, -0.05) is 30.3 Å². The standard InChI is InChI=1S/C15H15N3OS2/c1-20-15-11(9-12(21-15)14(16)17)18-13(19)8-7-10-5-3-2-4-6-10/h2-9H,1H3,(H3,16,17)(H,18,19)/b8-7+. The minimum atomic E-state index is -0.206. The summed E-state index contributed by atoms with van der Waals surface area (Å²) in [6.45, 7) is 0. The van der Waals surface area contributed by atoms with E-state index in [1.807, 2.05) is 36.6 Å². The van der Waals surface area contributed by atoms with Crippen LogP contribution in [0.3, 0.4) is 0 Å². The Hall–Kier alpha value is -2.05. The first-order chi connectivity index (χ1) is 10.1. The fourth-order valence-corrected chi connectivity index (χ4v) is 3.30. The van der Waals surface area contributed by atoms with Crippen LogP contribution >= 0.6 is 23.1 Å². The van der Waals surface area contributed by atoms with Gasteiger partial charge < -0.3 is 11.1 Å². The Bertz CT molecular complexity index is 677. The molecule has 0 atom stereocenters. The highest BCUT2D eigenvalue weighted by molar-refractivity contribution is 8.00. The van der Waals surface area contributed by atoms with E-state index in [-0.39, 0.29) is 11.7 Å². The molecule has 0 radical (unpaired) electrons. The fourth-order valence-electron chi connectivity index (χ4n) is 1.66. The van der Waals surface area contributed by atoms with Crippen molar-refractivity contribution in [3.8, 4) is 0 Å². The maximum atomic E-state index is 11.9. The Morgan fingerprint density at radius 3 is 2.71 bits per heavy atom. The number of nitrogens with one attached hydrogen (secondary N) is 2. The van der Waals surface area contributed by atoms with Crippen molar-refractivity contribution < 1.29 is 4.79 Å². The SMILES string of the molecule is CSc1sc(C(=N)N)cc1NC(=O)/C=C/c1ccccc1. The van der Waals surface area contributed by atoms with Gasteiger partial charge >= 0.3 is 0 Å². The van der Waals surface area contributed by atoms with E-state index in [2.05, 4.69) is 5.32 Å². The van der Waals surface area contributed by atoms with Gasteiger partial charge in [-0.3, -0.25) is 10.2 Å². The molecule has 0 aliphatic carbocycles. The van der Waals surface area contributed by atoms with Gasteiger partial charge in [-0.25, -0.2) is 0 Å². The number of benzene rings is 1. The third-order valence-electron chi connectivity index (χ3n) is 2.63. The average molecular weight is 317 g/mol. The number of anilines is 1. The average Bonchev–Trinajstić information content (AvgIpc) is 2.89. The van der Waals surface area contributed by atoms with Gasteiger partial charge in [-0.2, -0.15) is 0 Å². The Labute approximate surface area is 131 Å². The number of thiophene rings is 1. The molecule has 1 amide bonds. The molecule has 2 aromatic rings. The maximum absolute atomic E-state index is 11.9. The molecule has 0 spiro atoms. The Morgan fingerprint density at radius 2 is 2.10 bits per heavy atom. The van der Waals surface area contributed by atoms with Gasteiger partial charge in [0.1, 0.15) is 5.84 Å². The van der Waals surface area contributed by atoms with E-state index in [0.717, 1.165) is 9.77 Å². The molecule has 0 bridgehead atoms. The Balaban J connectivity index is 2.09. The number of carbonyl (C=O) groups is 1. The number of thioether (sulfide) groups is 1. The van der Waals surface area contributed by atoms with Crippen LogP contribution in [0.4, 0.5) is 5.69 Å². The fraction of sp³-hybridized carbons (Fsp3) is 0.0667. The normalized spacial score (nSPS) is 10.7. The first-order valence-corrected chi connectivity index (χ1v) is 8.20. The van der Waals surface area contributed by atoms with E-state index >= 15 is 0 Å². The van der Waals surface area contributed by atoms with E-state index in [4.69, 9.17) is 11.1 Å². The third kappa shape index (κ3) is 4.21. The number of hydrogen-bond acceptors (Lipinski definition) is 4. The predicted octanol–water partition coefficient (Wildman–Crippen LogP) is 3.41. The van der Waals surface area contributed by atoms with Gasteiger partial charge in [-0.05, 0) is 24.0 Å². The lowest BCUT2D eigenvalue weighted by Crippen LogP contribution is -2.09. The second kappa shape index (κ2) is 7.10. The summed E-state index contributed by atoms with van der Waals surface area (Å²) in [4.78, 5) is 12.6. The summed E-state index contributed by atoms with van der Waals surface area (Å²) in [5.74, 6) is -0.197. The smallest absolute Gasteiger partial charge is 0.248 e. The molecule has 0 fully saturated rings. The first kappa shape index (κ1) is 15.3. The minimum absolute atomic E-state index is 0.00984. The quantitative estimate of drug-likeness (QED) is 0.342. The summed E-state index contributed by atoms with van der Waals surface area (Å²) in [6, 6.07) is 11.3. The van der Waals surface area contributed by atoms with E-state index < -0.39 is 0 Å². The summed E-state index contributed by atoms with van der Waals surface area (Å²) < 4.78 is 0.932. The molecular weight excluding hydrogens is 302 g/mol. The number of rotatable bonds is 5. The largest absolute Gasteiger partial charge is 0.383 e. The zero-order valence-electron chi connectivity index (χ0n) is 11.4. The molecular formula is C15H15N3OS2. The third-order valence-corrected chi connectivity index (χ3v) is 4.94. The van der Waals surface area contributed by atoms with E-state index in [0.29, 0.717) is 10.6 Å². The molecule has 108 valence electrons. The number of amides is 1. The van der Waals surface area contributed by atoms with Gasteiger partial charge in [0.15, 0.2) is 0 Å². The molecule has 4 nitrogen and oxygen atoms in total. The highest BCUT2D eigenvalue weighted by atomic mass is 32.2. The lowest BCUT2D eigenvalue weighted by atomic mass is 10.2. The van der Waals surface area contributed by atoms with Crippen molar-refractivity contribution in [1.29, 1.82) is 5.41 Å². The van der Waals surface area contributed by atoms with E-state index in [1.54, 1.807) is 12.1 Å². The number of hydrogen-bond donors (Lipinski definition) is 3. The van der Waals surface area contributed by atoms with Gasteiger partial charge in [0.05, 0.1) is 14.8 Å². The maximum Gasteiger partial charge on any atom is 0.248 e. The summed E-state index contributed by atoms with van der Waals surface area (Å²) in [5.41, 5.74) is 7.13. The molecule has 0 aliphatic heterocycles. The summed E-state index contributed by atoms with van der Waals surface area (Å²) in [7, 11) is 0. The van der Waals surface area contributed by atoms with Crippen molar-refractivity contribution in [2.24, 2.45) is 5.73 Å². The molecule has 1 aromatic heterocycles. The molecule has 4 N–H and O–H groups in total. The van der Waals surface area contributed by atoms with Crippen LogP contribution in [0.25, 0.3) is 6.08 Å². The van der Waals surface area contributed by atoms with Gasteiger partial charge in [-0.15, -0.1) is 23.1 Å². The summed E-state index contributed by atoms with van der Waals surface area (Å²) in [6.07, 6.45) is 5.17. The molecule has 21 heavy (non-hydrogen) atoms. The summed E-state index contributed by atoms with van der Waals surface area (Å²) >= 11 is 2.92. The number of nitrogen functional groups attached to an aromatic ring is 1. The van der Waals surface area contributed by atoms with Crippen molar-refractivity contribution in [3.05, 3.63) is 52.9 Å². The van der Waals surface area contributed by atoms with Gasteiger partial charge in [0.25, 0.3) is 0 Å². The second-order valence-corrected chi connectivity index (χ2v) is 6.29. The highest BCUT2D eigenvalue weighted by Gasteiger charge is 2.11. The van der Waals surface area contributed by atoms with Gasteiger partial charge in [0.2, 0.25) is 5.91 Å². The van der Waals surface area contributed by atoms with Crippen LogP contribution in [0.2, 0.25) is 0 Å². The number of amidine groups is 1. The summed E-state index contributed by atoms with van der Waals surface area (Å²) in [5, 5.41) is 10.3. The molecule has 2 rings (SSSR count). The van der Waals surface area contributed by atoms with Crippen LogP contribution in [0.15, 0.2) is 46.7 Å². The van der Waals surface area contributed by atoms with Gasteiger partial charge in [0, 0.05) is 6.08 Å². The van der Waals surface area contributed by atoms with Crippen LogP contribution in [0.5, 0.6) is 0 Å². The Morgan fingerprint density at radius 1 is 1.38 bits per heavy atom. The molecule has 0 unspecified atom stereocenters. The molecule has 1 aromatic carbocycles. The highest BCUT2D eigenvalue weighted by Crippen LogP contribution is 2.34. The number of nitrogens with two attached hydrogens (primary N) is 1. The van der Waals surface area contributed by atoms with Crippen molar-refractivity contribution in [3.63, 3.8) is 0 Å². The predicted molar refractivity (Wildman–Crippen MR) is 91.2 cm³/mol. The van der Waals surface area contributed by atoms with Crippen LogP contribution in [0, 0.1) is 5.41 Å². The van der Waals surface area contributed by atoms with Crippen molar-refractivity contribution >= 4 is 46.6 Å². The van der Waals surface area contributed by atoms with Crippen LogP contribution in [-0.4, -0.2) is 18.0 Å². The monoisotopic (exact) mass is 317 g/mol. The van der Waals surface area contributed by atoms with Crippen LogP contribution in [-0.2, 0) is 4.79 Å². The first-order valence-electron chi connectivity index (χ1n) is 6.16. The lowest BCUT2D eigenvalue weighted by molar-refractivity contribution is -0.111. The van der Waals surface area contributed by atoms with E-state index in [1.165, 1.54) is 29.2 Å². The minimum Gasteiger partial charge on any atom is -0.383 e. The van der Waals surface area contributed by atoms with Crippen LogP contribution in [0.1, 0.15) is 10.4 Å². The lowest BCUT2D eigenvalue weighted by Gasteiger charge is -2.01.